The topological polar surface area (TPSA) is 78.9 Å². The first-order valence-corrected chi connectivity index (χ1v) is 12.1. The Morgan fingerprint density at radius 3 is 2.32 bits per heavy atom. The van der Waals surface area contributed by atoms with Gasteiger partial charge in [-0.2, -0.15) is 0 Å². The van der Waals surface area contributed by atoms with Gasteiger partial charge in [0.05, 0.1) is 17.3 Å². The highest BCUT2D eigenvalue weighted by atomic mass is 35.5. The summed E-state index contributed by atoms with van der Waals surface area (Å²) in [6.07, 6.45) is 3.24. The van der Waals surface area contributed by atoms with Gasteiger partial charge in [0.15, 0.2) is 0 Å². The van der Waals surface area contributed by atoms with Gasteiger partial charge in [0.2, 0.25) is 11.8 Å². The number of alkyl halides is 1. The Morgan fingerprint density at radius 2 is 1.74 bits per heavy atom. The molecule has 0 bridgehead atoms. The molecular formula is C25H40ClNO4. The molecular weight excluding hydrogens is 414 g/mol. The van der Waals surface area contributed by atoms with E-state index in [0.717, 1.165) is 12.8 Å². The minimum atomic E-state index is -0.820. The second-order valence-electron chi connectivity index (χ2n) is 8.34. The van der Waals surface area contributed by atoms with Crippen molar-refractivity contribution in [3.05, 3.63) is 35.9 Å². The third-order valence-corrected chi connectivity index (χ3v) is 6.43. The van der Waals surface area contributed by atoms with Crippen molar-refractivity contribution in [2.45, 2.75) is 91.0 Å². The maximum absolute atomic E-state index is 12.0. The number of hydrogen-bond donors (Lipinski definition) is 2. The quantitative estimate of drug-likeness (QED) is 0.475. The summed E-state index contributed by atoms with van der Waals surface area (Å²) in [5.74, 6) is -0.915. The number of carbonyl (C=O) groups is 2. The van der Waals surface area contributed by atoms with Gasteiger partial charge < -0.3 is 9.84 Å². The van der Waals surface area contributed by atoms with Crippen LogP contribution in [-0.4, -0.2) is 40.1 Å². The Labute approximate surface area is 192 Å². The van der Waals surface area contributed by atoms with Gasteiger partial charge in [-0.1, -0.05) is 58.0 Å². The van der Waals surface area contributed by atoms with Gasteiger partial charge in [-0.25, -0.2) is 0 Å². The minimum Gasteiger partial charge on any atom is -0.390 e. The standard InChI is InChI=1S/C21H28ClNO4.2C2H6/c1-20(26)9-8-15(12-18(24)23-19(25)13-22)10-16(20)21(2)17(27-21)11-14-6-4-3-5-7-14;2*1-2/h3-7,15-17,26H,8-13H2,1-2H3,(H,23,24,25);2*1-2H3. The monoisotopic (exact) mass is 453 g/mol. The molecule has 0 aromatic heterocycles. The molecule has 5 unspecified atom stereocenters. The first-order valence-electron chi connectivity index (χ1n) is 11.6. The average Bonchev–Trinajstić information content (AvgIpc) is 3.42. The highest BCUT2D eigenvalue weighted by molar-refractivity contribution is 6.28. The second kappa shape index (κ2) is 12.6. The fourth-order valence-electron chi connectivity index (χ4n) is 4.57. The largest absolute Gasteiger partial charge is 0.390 e. The lowest BCUT2D eigenvalue weighted by Crippen LogP contribution is -2.48. The van der Waals surface area contributed by atoms with E-state index < -0.39 is 11.5 Å². The summed E-state index contributed by atoms with van der Waals surface area (Å²) >= 11 is 5.44. The van der Waals surface area contributed by atoms with Crippen LogP contribution in [-0.2, 0) is 20.7 Å². The maximum Gasteiger partial charge on any atom is 0.241 e. The van der Waals surface area contributed by atoms with Gasteiger partial charge in [-0.15, -0.1) is 11.6 Å². The van der Waals surface area contributed by atoms with Crippen molar-refractivity contribution in [2.24, 2.45) is 11.8 Å². The van der Waals surface area contributed by atoms with Crippen LogP contribution >= 0.6 is 11.6 Å². The Hall–Kier alpha value is -1.43. The van der Waals surface area contributed by atoms with E-state index in [1.165, 1.54) is 5.56 Å². The van der Waals surface area contributed by atoms with Crippen LogP contribution in [0.4, 0.5) is 0 Å². The molecule has 1 saturated heterocycles. The van der Waals surface area contributed by atoms with Gasteiger partial charge in [0.25, 0.3) is 0 Å². The van der Waals surface area contributed by atoms with Crippen LogP contribution in [0.5, 0.6) is 0 Å². The van der Waals surface area contributed by atoms with E-state index in [4.69, 9.17) is 16.3 Å². The summed E-state index contributed by atoms with van der Waals surface area (Å²) in [5, 5.41) is 13.3. The fraction of sp³-hybridized carbons (Fsp3) is 0.680. The van der Waals surface area contributed by atoms with E-state index in [2.05, 4.69) is 24.4 Å². The number of ether oxygens (including phenoxy) is 1. The Balaban J connectivity index is 0.00000113. The summed E-state index contributed by atoms with van der Waals surface area (Å²) in [7, 11) is 0. The summed E-state index contributed by atoms with van der Waals surface area (Å²) in [4.78, 5) is 23.3. The van der Waals surface area contributed by atoms with Crippen LogP contribution in [0.3, 0.4) is 0 Å². The molecule has 5 nitrogen and oxygen atoms in total. The zero-order valence-corrected chi connectivity index (χ0v) is 20.7. The van der Waals surface area contributed by atoms with Crippen LogP contribution in [0.1, 0.15) is 72.8 Å². The molecule has 2 aliphatic rings. The average molecular weight is 454 g/mol. The van der Waals surface area contributed by atoms with Crippen LogP contribution in [0.25, 0.3) is 0 Å². The Morgan fingerprint density at radius 1 is 1.13 bits per heavy atom. The SMILES string of the molecule is CC.CC.CC1(O)CCC(CC(=O)NC(=O)CCl)CC1C1(C)OC1Cc1ccccc1. The number of imide groups is 1. The van der Waals surface area contributed by atoms with E-state index in [1.807, 2.05) is 52.8 Å². The molecule has 1 aromatic rings. The molecule has 1 saturated carbocycles. The molecule has 176 valence electrons. The van der Waals surface area contributed by atoms with Gasteiger partial charge in [-0.3, -0.25) is 14.9 Å². The lowest BCUT2D eigenvalue weighted by molar-refractivity contribution is -0.131. The second-order valence-corrected chi connectivity index (χ2v) is 8.61. The Kier molecular flexibility index (Phi) is 11.2. The number of hydrogen-bond acceptors (Lipinski definition) is 4. The number of nitrogens with one attached hydrogen (secondary N) is 1. The molecule has 5 atom stereocenters. The van der Waals surface area contributed by atoms with E-state index >= 15 is 0 Å². The molecule has 31 heavy (non-hydrogen) atoms. The van der Waals surface area contributed by atoms with Crippen molar-refractivity contribution in [1.82, 2.24) is 5.32 Å². The maximum atomic E-state index is 12.0. The number of rotatable bonds is 6. The van der Waals surface area contributed by atoms with Crippen LogP contribution in [0.15, 0.2) is 30.3 Å². The van der Waals surface area contributed by atoms with Crippen LogP contribution in [0, 0.1) is 11.8 Å². The molecule has 0 radical (unpaired) electrons. The molecule has 6 heteroatoms. The highest BCUT2D eigenvalue weighted by Gasteiger charge is 2.62. The predicted molar refractivity (Wildman–Crippen MR) is 126 cm³/mol. The Bertz CT molecular complexity index is 694. The summed E-state index contributed by atoms with van der Waals surface area (Å²) < 4.78 is 6.09. The normalized spacial score (nSPS) is 31.3. The molecule has 1 aliphatic carbocycles. The molecule has 0 spiro atoms. The number of epoxide rings is 1. The molecule has 1 aliphatic heterocycles. The van der Waals surface area contributed by atoms with Gasteiger partial charge in [0.1, 0.15) is 5.88 Å². The van der Waals surface area contributed by atoms with Crippen LogP contribution in [0.2, 0.25) is 0 Å². The smallest absolute Gasteiger partial charge is 0.241 e. The van der Waals surface area contributed by atoms with Gasteiger partial charge in [0, 0.05) is 18.8 Å². The minimum absolute atomic E-state index is 0.0472. The van der Waals surface area contributed by atoms with Gasteiger partial charge >= 0.3 is 0 Å². The van der Waals surface area contributed by atoms with Crippen molar-refractivity contribution in [3.8, 4) is 0 Å². The molecule has 2 fully saturated rings. The molecule has 3 rings (SSSR count). The van der Waals surface area contributed by atoms with Crippen molar-refractivity contribution in [2.75, 3.05) is 5.88 Å². The van der Waals surface area contributed by atoms with Gasteiger partial charge in [-0.05, 0) is 44.6 Å². The van der Waals surface area contributed by atoms with E-state index in [0.29, 0.717) is 12.8 Å². The zero-order valence-electron chi connectivity index (χ0n) is 19.9. The molecule has 2 N–H and O–H groups in total. The zero-order chi connectivity index (χ0) is 23.7. The molecule has 1 heterocycles. The number of amides is 2. The van der Waals surface area contributed by atoms with E-state index in [-0.39, 0.29) is 41.7 Å². The number of aliphatic hydroxyl groups is 1. The lowest BCUT2D eigenvalue weighted by Gasteiger charge is -2.43. The first-order chi connectivity index (χ1) is 14.7. The third-order valence-electron chi connectivity index (χ3n) is 6.19. The molecule has 2 amide bonds. The first kappa shape index (κ1) is 27.6. The molecule has 1 aromatic carbocycles. The van der Waals surface area contributed by atoms with Crippen LogP contribution < -0.4 is 5.32 Å². The number of halogens is 1. The highest BCUT2D eigenvalue weighted by Crippen LogP contribution is 2.54. The van der Waals surface area contributed by atoms with E-state index in [1.54, 1.807) is 0 Å². The fourth-order valence-corrected chi connectivity index (χ4v) is 4.63. The van der Waals surface area contributed by atoms with Crippen molar-refractivity contribution in [1.29, 1.82) is 0 Å². The summed E-state index contributed by atoms with van der Waals surface area (Å²) in [6, 6.07) is 10.2. The lowest BCUT2D eigenvalue weighted by atomic mass is 9.65. The van der Waals surface area contributed by atoms with Crippen molar-refractivity contribution < 1.29 is 19.4 Å². The van der Waals surface area contributed by atoms with E-state index in [9.17, 15) is 14.7 Å². The number of carbonyl (C=O) groups excluding carboxylic acids is 2. The number of benzene rings is 1. The van der Waals surface area contributed by atoms with Crippen molar-refractivity contribution >= 4 is 23.4 Å². The summed E-state index contributed by atoms with van der Waals surface area (Å²) in [5.41, 5.74) is 0.0109. The van der Waals surface area contributed by atoms with Crippen molar-refractivity contribution in [3.63, 3.8) is 0 Å². The predicted octanol–water partition coefficient (Wildman–Crippen LogP) is 4.88. The third kappa shape index (κ3) is 7.58. The summed E-state index contributed by atoms with van der Waals surface area (Å²) in [6.45, 7) is 11.9.